The highest BCUT2D eigenvalue weighted by Gasteiger charge is 2.28. The summed E-state index contributed by atoms with van der Waals surface area (Å²) >= 11 is 0. The topological polar surface area (TPSA) is 78.9 Å². The molecule has 1 aliphatic heterocycles. The van der Waals surface area contributed by atoms with Crippen LogP contribution in [0.3, 0.4) is 0 Å². The van der Waals surface area contributed by atoms with Gasteiger partial charge >= 0.3 is 5.97 Å². The zero-order valence-corrected chi connectivity index (χ0v) is 12.3. The normalized spacial score (nSPS) is 14.7. The van der Waals surface area contributed by atoms with E-state index in [0.29, 0.717) is 13.2 Å². The molecule has 0 saturated heterocycles. The molecule has 114 valence electrons. The van der Waals surface area contributed by atoms with E-state index in [1.807, 2.05) is 17.9 Å². The van der Waals surface area contributed by atoms with Gasteiger partial charge in [0.1, 0.15) is 6.04 Å². The molecule has 0 spiro atoms. The maximum absolute atomic E-state index is 12.1. The number of fused-ring (bicyclic) bond motifs is 1. The number of rotatable bonds is 6. The lowest BCUT2D eigenvalue weighted by atomic mass is 10.1. The van der Waals surface area contributed by atoms with Crippen LogP contribution in [0.25, 0.3) is 0 Å². The summed E-state index contributed by atoms with van der Waals surface area (Å²) in [4.78, 5) is 25.1. The molecule has 6 nitrogen and oxygen atoms in total. The molecular formula is C15H20N2O4. The van der Waals surface area contributed by atoms with Gasteiger partial charge in [0, 0.05) is 25.9 Å². The van der Waals surface area contributed by atoms with Crippen molar-refractivity contribution in [3.05, 3.63) is 29.3 Å². The Labute approximate surface area is 123 Å². The average molecular weight is 292 g/mol. The Bertz CT molecular complexity index is 544. The van der Waals surface area contributed by atoms with Crippen LogP contribution in [-0.2, 0) is 16.0 Å². The summed E-state index contributed by atoms with van der Waals surface area (Å²) in [6.45, 7) is 3.48. The fraction of sp³-hybridized carbons (Fsp3) is 0.467. The van der Waals surface area contributed by atoms with Crippen LogP contribution in [0.4, 0.5) is 5.69 Å². The summed E-state index contributed by atoms with van der Waals surface area (Å²) in [6.07, 6.45) is 0.824. The quantitative estimate of drug-likeness (QED) is 0.762. The van der Waals surface area contributed by atoms with Crippen molar-refractivity contribution in [3.8, 4) is 0 Å². The van der Waals surface area contributed by atoms with E-state index in [-0.39, 0.29) is 17.5 Å². The predicted molar refractivity (Wildman–Crippen MR) is 78.8 cm³/mol. The molecule has 1 heterocycles. The van der Waals surface area contributed by atoms with Gasteiger partial charge in [-0.3, -0.25) is 4.79 Å². The number of amides is 1. The third kappa shape index (κ3) is 3.33. The molecule has 21 heavy (non-hydrogen) atoms. The highest BCUT2D eigenvalue weighted by atomic mass is 16.5. The zero-order valence-electron chi connectivity index (χ0n) is 12.3. The molecule has 2 rings (SSSR count). The maximum atomic E-state index is 12.1. The Hall–Kier alpha value is -2.08. The number of carboxylic acid groups (broad SMARTS) is 1. The minimum atomic E-state index is -0.957. The smallest absolute Gasteiger partial charge is 0.335 e. The second-order valence-electron chi connectivity index (χ2n) is 5.05. The van der Waals surface area contributed by atoms with E-state index >= 15 is 0 Å². The average Bonchev–Trinajstić information content (AvgIpc) is 2.89. The molecule has 1 amide bonds. The lowest BCUT2D eigenvalue weighted by Crippen LogP contribution is -2.45. The molecule has 6 heteroatoms. The van der Waals surface area contributed by atoms with Crippen molar-refractivity contribution in [2.75, 3.05) is 31.7 Å². The SMILES string of the molecule is COCCNC(=O)C(C)N1CCc2ccc(C(=O)O)cc21. The van der Waals surface area contributed by atoms with Crippen LogP contribution in [0.5, 0.6) is 0 Å². The Balaban J connectivity index is 2.11. The summed E-state index contributed by atoms with van der Waals surface area (Å²) < 4.78 is 4.90. The number of ether oxygens (including phenoxy) is 1. The number of benzene rings is 1. The molecule has 0 saturated carbocycles. The Kier molecular flexibility index (Phi) is 4.80. The van der Waals surface area contributed by atoms with E-state index in [1.54, 1.807) is 19.2 Å². The number of hydrogen-bond donors (Lipinski definition) is 2. The number of nitrogens with zero attached hydrogens (tertiary/aromatic N) is 1. The van der Waals surface area contributed by atoms with Crippen LogP contribution in [-0.4, -0.2) is 49.8 Å². The van der Waals surface area contributed by atoms with E-state index in [2.05, 4.69) is 5.32 Å². The molecule has 2 N–H and O–H groups in total. The fourth-order valence-electron chi connectivity index (χ4n) is 2.50. The first-order chi connectivity index (χ1) is 10.0. The van der Waals surface area contributed by atoms with Gasteiger partial charge in [0.2, 0.25) is 5.91 Å². The summed E-state index contributed by atoms with van der Waals surface area (Å²) in [5.41, 5.74) is 2.16. The van der Waals surface area contributed by atoms with Crippen molar-refractivity contribution >= 4 is 17.6 Å². The first-order valence-electron chi connectivity index (χ1n) is 6.94. The van der Waals surface area contributed by atoms with Crippen LogP contribution in [0.2, 0.25) is 0 Å². The number of anilines is 1. The van der Waals surface area contributed by atoms with Crippen molar-refractivity contribution in [1.29, 1.82) is 0 Å². The molecule has 1 unspecified atom stereocenters. The third-order valence-electron chi connectivity index (χ3n) is 3.72. The van der Waals surface area contributed by atoms with Gasteiger partial charge in [-0.1, -0.05) is 6.07 Å². The Morgan fingerprint density at radius 1 is 1.48 bits per heavy atom. The van der Waals surface area contributed by atoms with E-state index in [0.717, 1.165) is 24.2 Å². The largest absolute Gasteiger partial charge is 0.478 e. The van der Waals surface area contributed by atoms with Gasteiger partial charge in [-0.2, -0.15) is 0 Å². The predicted octanol–water partition coefficient (Wildman–Crippen LogP) is 0.898. The summed E-state index contributed by atoms with van der Waals surface area (Å²) in [6, 6.07) is 4.73. The minimum absolute atomic E-state index is 0.0828. The third-order valence-corrected chi connectivity index (χ3v) is 3.72. The Morgan fingerprint density at radius 3 is 2.90 bits per heavy atom. The molecule has 1 aliphatic rings. The first-order valence-corrected chi connectivity index (χ1v) is 6.94. The summed E-state index contributed by atoms with van der Waals surface area (Å²) in [5.74, 6) is -1.04. The number of methoxy groups -OCH3 is 1. The standard InChI is InChI=1S/C15H20N2O4/c1-10(14(18)16-6-8-21-2)17-7-5-11-3-4-12(15(19)20)9-13(11)17/h3-4,9-10H,5-8H2,1-2H3,(H,16,18)(H,19,20). The van der Waals surface area contributed by atoms with E-state index < -0.39 is 5.97 Å². The number of carbonyl (C=O) groups excluding carboxylic acids is 1. The molecule has 0 bridgehead atoms. The lowest BCUT2D eigenvalue weighted by molar-refractivity contribution is -0.122. The molecular weight excluding hydrogens is 272 g/mol. The van der Waals surface area contributed by atoms with Gasteiger partial charge in [0.15, 0.2) is 0 Å². The van der Waals surface area contributed by atoms with E-state index in [1.165, 1.54) is 0 Å². The first kappa shape index (κ1) is 15.3. The van der Waals surface area contributed by atoms with Gasteiger partial charge in [0.05, 0.1) is 12.2 Å². The van der Waals surface area contributed by atoms with Gasteiger partial charge < -0.3 is 20.1 Å². The Morgan fingerprint density at radius 2 is 2.24 bits per heavy atom. The van der Waals surface area contributed by atoms with Crippen LogP contribution in [0.1, 0.15) is 22.8 Å². The number of aromatic carboxylic acids is 1. The molecule has 0 aromatic heterocycles. The van der Waals surface area contributed by atoms with Crippen LogP contribution in [0.15, 0.2) is 18.2 Å². The number of carboxylic acids is 1. The molecule has 1 atom stereocenters. The second-order valence-corrected chi connectivity index (χ2v) is 5.05. The van der Waals surface area contributed by atoms with Crippen LogP contribution < -0.4 is 10.2 Å². The van der Waals surface area contributed by atoms with Gasteiger partial charge in [-0.15, -0.1) is 0 Å². The monoisotopic (exact) mass is 292 g/mol. The van der Waals surface area contributed by atoms with Crippen molar-refractivity contribution in [3.63, 3.8) is 0 Å². The van der Waals surface area contributed by atoms with Crippen molar-refractivity contribution < 1.29 is 19.4 Å². The fourth-order valence-corrected chi connectivity index (χ4v) is 2.50. The minimum Gasteiger partial charge on any atom is -0.478 e. The second kappa shape index (κ2) is 6.58. The molecule has 0 fully saturated rings. The van der Waals surface area contributed by atoms with E-state index in [9.17, 15) is 9.59 Å². The van der Waals surface area contributed by atoms with Crippen molar-refractivity contribution in [1.82, 2.24) is 5.32 Å². The van der Waals surface area contributed by atoms with E-state index in [4.69, 9.17) is 9.84 Å². The molecule has 1 aromatic rings. The maximum Gasteiger partial charge on any atom is 0.335 e. The van der Waals surface area contributed by atoms with Crippen LogP contribution in [0, 0.1) is 0 Å². The lowest BCUT2D eigenvalue weighted by Gasteiger charge is -2.26. The molecule has 1 aromatic carbocycles. The number of nitrogens with one attached hydrogen (secondary N) is 1. The van der Waals surface area contributed by atoms with Crippen molar-refractivity contribution in [2.45, 2.75) is 19.4 Å². The molecule has 0 radical (unpaired) electrons. The zero-order chi connectivity index (χ0) is 15.4. The van der Waals surface area contributed by atoms with Crippen LogP contribution >= 0.6 is 0 Å². The highest BCUT2D eigenvalue weighted by molar-refractivity contribution is 5.91. The molecule has 0 aliphatic carbocycles. The highest BCUT2D eigenvalue weighted by Crippen LogP contribution is 2.30. The van der Waals surface area contributed by atoms with Gasteiger partial charge in [-0.05, 0) is 31.0 Å². The number of hydrogen-bond acceptors (Lipinski definition) is 4. The van der Waals surface area contributed by atoms with Crippen molar-refractivity contribution in [2.24, 2.45) is 0 Å². The summed E-state index contributed by atoms with van der Waals surface area (Å²) in [7, 11) is 1.58. The summed E-state index contributed by atoms with van der Waals surface area (Å²) in [5, 5.41) is 11.9. The van der Waals surface area contributed by atoms with Gasteiger partial charge in [-0.25, -0.2) is 4.79 Å². The van der Waals surface area contributed by atoms with Gasteiger partial charge in [0.25, 0.3) is 0 Å². The number of carbonyl (C=O) groups is 2.